The summed E-state index contributed by atoms with van der Waals surface area (Å²) in [7, 11) is 3.20. The highest BCUT2D eigenvalue weighted by atomic mass is 35.5. The van der Waals surface area contributed by atoms with Gasteiger partial charge in [0.1, 0.15) is 16.5 Å². The van der Waals surface area contributed by atoms with Crippen LogP contribution in [0.2, 0.25) is 10.0 Å². The van der Waals surface area contributed by atoms with E-state index in [0.717, 1.165) is 27.9 Å². The van der Waals surface area contributed by atoms with Gasteiger partial charge in [0.2, 0.25) is 0 Å². The number of hydrogen-bond donors (Lipinski definition) is 2. The van der Waals surface area contributed by atoms with Gasteiger partial charge in [0.15, 0.2) is 5.82 Å². The van der Waals surface area contributed by atoms with Crippen LogP contribution >= 0.6 is 23.2 Å². The standard InChI is InChI=1S/C29H30Cl2N6O3/c1-15(2)25-24-26(20-8-7-18(30)10-16(20)3)36(19-12-21(31)28(38)35(4)14-19)29(39)33-27(24)34-37(25)22-11-17(13-32)6-9-23(22)40-5/h6-12,14-15,26H,13,32H2,1-5H3,(H,33,34,39). The Morgan fingerprint density at radius 3 is 2.50 bits per heavy atom. The summed E-state index contributed by atoms with van der Waals surface area (Å²) >= 11 is 12.6. The number of urea groups is 1. The van der Waals surface area contributed by atoms with Crippen LogP contribution in [0.15, 0.2) is 53.5 Å². The molecule has 2 amide bonds. The number of aromatic nitrogens is 3. The van der Waals surface area contributed by atoms with Crippen molar-refractivity contribution in [2.24, 2.45) is 12.8 Å². The number of amides is 2. The molecular formula is C29H30Cl2N6O3. The van der Waals surface area contributed by atoms with Gasteiger partial charge < -0.3 is 15.0 Å². The number of halogens is 2. The van der Waals surface area contributed by atoms with E-state index in [-0.39, 0.29) is 16.5 Å². The topological polar surface area (TPSA) is 107 Å². The smallest absolute Gasteiger partial charge is 0.328 e. The van der Waals surface area contributed by atoms with Gasteiger partial charge in [0.05, 0.1) is 24.5 Å². The zero-order valence-electron chi connectivity index (χ0n) is 22.8. The van der Waals surface area contributed by atoms with Crippen LogP contribution in [-0.4, -0.2) is 27.5 Å². The highest BCUT2D eigenvalue weighted by Gasteiger charge is 2.41. The normalized spacial score (nSPS) is 14.9. The third-order valence-corrected chi connectivity index (χ3v) is 7.62. The van der Waals surface area contributed by atoms with Crippen molar-refractivity contribution in [3.63, 3.8) is 0 Å². The minimum absolute atomic E-state index is 0.00768. The number of rotatable bonds is 6. The number of carbonyl (C=O) groups excluding carboxylic acids is 1. The van der Waals surface area contributed by atoms with Crippen LogP contribution < -0.4 is 26.2 Å². The highest BCUT2D eigenvalue weighted by Crippen LogP contribution is 2.46. The van der Waals surface area contributed by atoms with E-state index in [0.29, 0.717) is 34.5 Å². The van der Waals surface area contributed by atoms with E-state index >= 15 is 0 Å². The molecule has 1 atom stereocenters. The van der Waals surface area contributed by atoms with Gasteiger partial charge in [-0.15, -0.1) is 5.10 Å². The molecule has 0 spiro atoms. The number of nitrogens with two attached hydrogens (primary N) is 1. The Kier molecular flexibility index (Phi) is 7.39. The quantitative estimate of drug-likeness (QED) is 0.294. The minimum atomic E-state index is -0.607. The molecule has 1 aliphatic heterocycles. The van der Waals surface area contributed by atoms with Crippen LogP contribution in [0.5, 0.6) is 5.75 Å². The lowest BCUT2D eigenvalue weighted by atomic mass is 9.89. The monoisotopic (exact) mass is 580 g/mol. The summed E-state index contributed by atoms with van der Waals surface area (Å²) in [6, 6.07) is 11.8. The van der Waals surface area contributed by atoms with E-state index in [1.54, 1.807) is 31.3 Å². The molecule has 5 rings (SSSR count). The van der Waals surface area contributed by atoms with Crippen molar-refractivity contribution in [3.05, 3.63) is 97.0 Å². The van der Waals surface area contributed by atoms with E-state index in [4.69, 9.17) is 38.8 Å². The van der Waals surface area contributed by atoms with Crippen molar-refractivity contribution in [3.8, 4) is 11.4 Å². The number of pyridine rings is 1. The summed E-state index contributed by atoms with van der Waals surface area (Å²) in [6.45, 7) is 6.44. The number of ether oxygens (including phenoxy) is 1. The maximum absolute atomic E-state index is 13.8. The predicted octanol–water partition coefficient (Wildman–Crippen LogP) is 5.92. The number of hydrogen-bond acceptors (Lipinski definition) is 5. The van der Waals surface area contributed by atoms with Gasteiger partial charge >= 0.3 is 6.03 Å². The number of anilines is 2. The second kappa shape index (κ2) is 10.6. The van der Waals surface area contributed by atoms with Gasteiger partial charge in [0, 0.05) is 30.4 Å². The molecule has 2 aromatic carbocycles. The van der Waals surface area contributed by atoms with Crippen molar-refractivity contribution < 1.29 is 9.53 Å². The Morgan fingerprint density at radius 2 is 1.88 bits per heavy atom. The fourth-order valence-electron chi connectivity index (χ4n) is 5.27. The average molecular weight is 582 g/mol. The van der Waals surface area contributed by atoms with Gasteiger partial charge in [-0.3, -0.25) is 15.0 Å². The summed E-state index contributed by atoms with van der Waals surface area (Å²) in [5.41, 5.74) is 11.1. The van der Waals surface area contributed by atoms with Gasteiger partial charge in [-0.05, 0) is 59.9 Å². The highest BCUT2D eigenvalue weighted by molar-refractivity contribution is 6.31. The van der Waals surface area contributed by atoms with Crippen LogP contribution in [-0.2, 0) is 13.6 Å². The first-order valence-corrected chi connectivity index (χ1v) is 13.5. The summed E-state index contributed by atoms with van der Waals surface area (Å²) in [5.74, 6) is 1.03. The zero-order chi connectivity index (χ0) is 28.9. The minimum Gasteiger partial charge on any atom is -0.494 e. The number of carbonyl (C=O) groups is 1. The van der Waals surface area contributed by atoms with E-state index in [1.807, 2.05) is 41.9 Å². The molecule has 3 N–H and O–H groups in total. The summed E-state index contributed by atoms with van der Waals surface area (Å²) in [5, 5.41) is 8.48. The number of nitrogens with one attached hydrogen (secondary N) is 1. The number of fused-ring (bicyclic) bond motifs is 1. The molecule has 9 nitrogen and oxygen atoms in total. The molecule has 0 bridgehead atoms. The SMILES string of the molecule is COc1ccc(CN)cc1-n1nc2c(c1C(C)C)C(c1ccc(Cl)cc1C)N(c1cc(Cl)c(=O)n(C)c1)C(=O)N2. The zero-order valence-corrected chi connectivity index (χ0v) is 24.3. The van der Waals surface area contributed by atoms with E-state index in [9.17, 15) is 9.59 Å². The fraction of sp³-hybridized carbons (Fsp3) is 0.276. The molecule has 40 heavy (non-hydrogen) atoms. The van der Waals surface area contributed by atoms with Crippen LogP contribution in [0.3, 0.4) is 0 Å². The lowest BCUT2D eigenvalue weighted by Crippen LogP contribution is -2.44. The van der Waals surface area contributed by atoms with Crippen molar-refractivity contribution in [2.75, 3.05) is 17.3 Å². The van der Waals surface area contributed by atoms with Gasteiger partial charge in [0.25, 0.3) is 5.56 Å². The van der Waals surface area contributed by atoms with E-state index in [1.165, 1.54) is 10.6 Å². The first-order valence-electron chi connectivity index (χ1n) is 12.8. The Morgan fingerprint density at radius 1 is 1.12 bits per heavy atom. The first-order chi connectivity index (χ1) is 19.0. The lowest BCUT2D eigenvalue weighted by molar-refractivity contribution is 0.254. The van der Waals surface area contributed by atoms with Crippen molar-refractivity contribution in [1.29, 1.82) is 0 Å². The maximum atomic E-state index is 13.8. The van der Waals surface area contributed by atoms with Crippen LogP contribution in [0, 0.1) is 6.92 Å². The summed E-state index contributed by atoms with van der Waals surface area (Å²) < 4.78 is 8.88. The van der Waals surface area contributed by atoms with Crippen molar-refractivity contribution in [2.45, 2.75) is 39.3 Å². The van der Waals surface area contributed by atoms with E-state index < -0.39 is 12.1 Å². The maximum Gasteiger partial charge on any atom is 0.328 e. The molecule has 1 unspecified atom stereocenters. The van der Waals surface area contributed by atoms with Crippen molar-refractivity contribution in [1.82, 2.24) is 14.3 Å². The average Bonchev–Trinajstić information content (AvgIpc) is 3.29. The Hall–Kier alpha value is -3.79. The largest absolute Gasteiger partial charge is 0.494 e. The second-order valence-electron chi connectivity index (χ2n) is 10.1. The Labute approximate surface area is 242 Å². The summed E-state index contributed by atoms with van der Waals surface area (Å²) in [6.07, 6.45) is 1.60. The lowest BCUT2D eigenvalue weighted by Gasteiger charge is -2.37. The van der Waals surface area contributed by atoms with Crippen LogP contribution in [0.25, 0.3) is 5.69 Å². The second-order valence-corrected chi connectivity index (χ2v) is 10.9. The van der Waals surface area contributed by atoms with Gasteiger partial charge in [-0.2, -0.15) is 0 Å². The molecule has 3 heterocycles. The summed E-state index contributed by atoms with van der Waals surface area (Å²) in [4.78, 5) is 27.9. The van der Waals surface area contributed by atoms with Gasteiger partial charge in [-0.25, -0.2) is 9.48 Å². The molecule has 11 heteroatoms. The third kappa shape index (κ3) is 4.64. The van der Waals surface area contributed by atoms with Crippen LogP contribution in [0.4, 0.5) is 16.3 Å². The predicted molar refractivity (Wildman–Crippen MR) is 158 cm³/mol. The van der Waals surface area contributed by atoms with Crippen LogP contribution in [0.1, 0.15) is 53.8 Å². The molecule has 208 valence electrons. The number of nitrogens with zero attached hydrogens (tertiary/aromatic N) is 4. The van der Waals surface area contributed by atoms with Gasteiger partial charge in [-0.1, -0.05) is 49.2 Å². The number of benzene rings is 2. The molecule has 0 saturated carbocycles. The molecule has 0 saturated heterocycles. The molecule has 0 aliphatic carbocycles. The van der Waals surface area contributed by atoms with Crippen molar-refractivity contribution >= 4 is 40.7 Å². The molecule has 4 aromatic rings. The number of methoxy groups -OCH3 is 1. The fourth-order valence-corrected chi connectivity index (χ4v) is 5.74. The molecule has 0 fully saturated rings. The molecule has 2 aromatic heterocycles. The Bertz CT molecular complexity index is 1670. The number of aryl methyl sites for hydroxylation is 2. The van der Waals surface area contributed by atoms with E-state index in [2.05, 4.69) is 19.2 Å². The Balaban J connectivity index is 1.85. The molecular weight excluding hydrogens is 551 g/mol. The molecule has 1 aliphatic rings. The molecule has 0 radical (unpaired) electrons. The third-order valence-electron chi connectivity index (χ3n) is 7.12. The first kappa shape index (κ1) is 27.8.